The molecule has 1 fully saturated rings. The normalized spacial score (nSPS) is 16.0. The lowest BCUT2D eigenvalue weighted by molar-refractivity contribution is -0.127. The van der Waals surface area contributed by atoms with Gasteiger partial charge in [-0.15, -0.1) is 24.0 Å². The summed E-state index contributed by atoms with van der Waals surface area (Å²) in [6, 6.07) is 6.04. The van der Waals surface area contributed by atoms with E-state index in [-0.39, 0.29) is 42.5 Å². The number of halogens is 1. The van der Waals surface area contributed by atoms with Crippen molar-refractivity contribution in [3.05, 3.63) is 23.8 Å². The minimum atomic E-state index is -0.0308. The SMILES string of the molecule is CCOc1cc(CCCNC(=NCC(=O)N(C)C)NCC2CCCCO2)ccc1OC.I. The predicted octanol–water partition coefficient (Wildman–Crippen LogP) is 2.84. The Bertz CT molecular complexity index is 709. The first-order chi connectivity index (χ1) is 15.0. The van der Waals surface area contributed by atoms with Crippen LogP contribution in [0.25, 0.3) is 0 Å². The van der Waals surface area contributed by atoms with Crippen LogP contribution < -0.4 is 20.1 Å². The van der Waals surface area contributed by atoms with Crippen molar-refractivity contribution in [1.29, 1.82) is 0 Å². The first-order valence-corrected chi connectivity index (χ1v) is 11.2. The van der Waals surface area contributed by atoms with Crippen molar-refractivity contribution < 1.29 is 19.0 Å². The third-order valence-corrected chi connectivity index (χ3v) is 5.10. The van der Waals surface area contributed by atoms with Gasteiger partial charge in [-0.3, -0.25) is 4.79 Å². The third kappa shape index (κ3) is 10.2. The van der Waals surface area contributed by atoms with Crippen LogP contribution in [0, 0.1) is 0 Å². The summed E-state index contributed by atoms with van der Waals surface area (Å²) in [7, 11) is 5.12. The van der Waals surface area contributed by atoms with Gasteiger partial charge in [0.15, 0.2) is 17.5 Å². The standard InChI is InChI=1S/C23H38N4O4.HI/c1-5-30-21-15-18(11-12-20(21)29-4)9-8-13-24-23(26-17-22(28)27(2)3)25-16-19-10-6-7-14-31-19;/h11-12,15,19H,5-10,13-14,16-17H2,1-4H3,(H2,24,25,26);1H. The minimum Gasteiger partial charge on any atom is -0.493 e. The number of rotatable bonds is 11. The molecule has 1 aromatic carbocycles. The number of methoxy groups -OCH3 is 1. The molecule has 1 saturated heterocycles. The lowest BCUT2D eigenvalue weighted by atomic mass is 10.1. The second kappa shape index (κ2) is 16.0. The van der Waals surface area contributed by atoms with Gasteiger partial charge < -0.3 is 29.7 Å². The molecular formula is C23H39IN4O4. The summed E-state index contributed by atoms with van der Waals surface area (Å²) in [6.07, 6.45) is 5.38. The fraction of sp³-hybridized carbons (Fsp3) is 0.652. The van der Waals surface area contributed by atoms with Crippen LogP contribution in [-0.2, 0) is 16.0 Å². The van der Waals surface area contributed by atoms with Crippen LogP contribution in [0.3, 0.4) is 0 Å². The van der Waals surface area contributed by atoms with E-state index >= 15 is 0 Å². The van der Waals surface area contributed by atoms with E-state index < -0.39 is 0 Å². The van der Waals surface area contributed by atoms with Crippen LogP contribution in [0.2, 0.25) is 0 Å². The molecule has 1 aromatic rings. The average molecular weight is 562 g/mol. The van der Waals surface area contributed by atoms with E-state index in [0.717, 1.165) is 50.3 Å². The molecule has 2 rings (SSSR count). The molecule has 1 aliphatic rings. The number of benzene rings is 1. The molecular weight excluding hydrogens is 523 g/mol. The summed E-state index contributed by atoms with van der Waals surface area (Å²) in [5, 5.41) is 6.67. The zero-order valence-electron chi connectivity index (χ0n) is 19.8. The topological polar surface area (TPSA) is 84.4 Å². The summed E-state index contributed by atoms with van der Waals surface area (Å²) < 4.78 is 16.8. The van der Waals surface area contributed by atoms with Crippen molar-refractivity contribution in [2.24, 2.45) is 4.99 Å². The van der Waals surface area contributed by atoms with Gasteiger partial charge in [0, 0.05) is 33.8 Å². The molecule has 0 saturated carbocycles. The van der Waals surface area contributed by atoms with E-state index in [9.17, 15) is 4.79 Å². The Kier molecular flexibility index (Phi) is 14.1. The molecule has 9 heteroatoms. The molecule has 1 unspecified atom stereocenters. The number of nitrogens with one attached hydrogen (secondary N) is 2. The predicted molar refractivity (Wildman–Crippen MR) is 138 cm³/mol. The molecule has 0 bridgehead atoms. The number of ether oxygens (including phenoxy) is 3. The van der Waals surface area contributed by atoms with Gasteiger partial charge in [-0.1, -0.05) is 6.07 Å². The number of amides is 1. The quantitative estimate of drug-likeness (QED) is 0.187. The van der Waals surface area contributed by atoms with Crippen molar-refractivity contribution >= 4 is 35.8 Å². The summed E-state index contributed by atoms with van der Waals surface area (Å²) in [5.74, 6) is 2.14. The van der Waals surface area contributed by atoms with Gasteiger partial charge in [0.05, 0.1) is 19.8 Å². The molecule has 0 aliphatic carbocycles. The molecule has 32 heavy (non-hydrogen) atoms. The zero-order chi connectivity index (χ0) is 22.5. The van der Waals surface area contributed by atoms with Crippen molar-refractivity contribution in [2.75, 3.05) is 54.1 Å². The van der Waals surface area contributed by atoms with E-state index in [4.69, 9.17) is 14.2 Å². The monoisotopic (exact) mass is 562 g/mol. The van der Waals surface area contributed by atoms with Crippen LogP contribution in [0.15, 0.2) is 23.2 Å². The smallest absolute Gasteiger partial charge is 0.243 e. The maximum absolute atomic E-state index is 11.9. The fourth-order valence-corrected chi connectivity index (χ4v) is 3.29. The first-order valence-electron chi connectivity index (χ1n) is 11.2. The van der Waals surface area contributed by atoms with Crippen LogP contribution in [-0.4, -0.2) is 76.9 Å². The van der Waals surface area contributed by atoms with Gasteiger partial charge >= 0.3 is 0 Å². The molecule has 2 N–H and O–H groups in total. The maximum atomic E-state index is 11.9. The highest BCUT2D eigenvalue weighted by atomic mass is 127. The number of carbonyl (C=O) groups excluding carboxylic acids is 1. The van der Waals surface area contributed by atoms with Crippen LogP contribution in [0.5, 0.6) is 11.5 Å². The van der Waals surface area contributed by atoms with Crippen LogP contribution in [0.1, 0.15) is 38.2 Å². The highest BCUT2D eigenvalue weighted by Gasteiger charge is 2.14. The van der Waals surface area contributed by atoms with Crippen molar-refractivity contribution in [1.82, 2.24) is 15.5 Å². The second-order valence-electron chi connectivity index (χ2n) is 7.77. The number of nitrogens with zero attached hydrogens (tertiary/aromatic N) is 2. The average Bonchev–Trinajstić information content (AvgIpc) is 2.78. The van der Waals surface area contributed by atoms with Gasteiger partial charge in [-0.2, -0.15) is 0 Å². The Balaban J connectivity index is 0.00000512. The Hall–Kier alpha value is -1.75. The van der Waals surface area contributed by atoms with Gasteiger partial charge in [0.2, 0.25) is 5.91 Å². The second-order valence-corrected chi connectivity index (χ2v) is 7.77. The van der Waals surface area contributed by atoms with E-state index in [1.165, 1.54) is 12.0 Å². The molecule has 1 amide bonds. The van der Waals surface area contributed by atoms with Crippen LogP contribution in [0.4, 0.5) is 0 Å². The number of aliphatic imine (C=N–C) groups is 1. The number of likely N-dealkylation sites (N-methyl/N-ethyl adjacent to an activating group) is 1. The Morgan fingerprint density at radius 1 is 1.25 bits per heavy atom. The third-order valence-electron chi connectivity index (χ3n) is 5.10. The number of hydrogen-bond donors (Lipinski definition) is 2. The zero-order valence-corrected chi connectivity index (χ0v) is 22.1. The van der Waals surface area contributed by atoms with Gasteiger partial charge in [0.1, 0.15) is 6.54 Å². The van der Waals surface area contributed by atoms with Gasteiger partial charge in [-0.25, -0.2) is 4.99 Å². The van der Waals surface area contributed by atoms with E-state index in [1.54, 1.807) is 26.1 Å². The van der Waals surface area contributed by atoms with Gasteiger partial charge in [-0.05, 0) is 56.7 Å². The summed E-state index contributed by atoms with van der Waals surface area (Å²) in [6.45, 7) is 4.93. The lowest BCUT2D eigenvalue weighted by Crippen LogP contribution is -2.43. The lowest BCUT2D eigenvalue weighted by Gasteiger charge is -2.24. The molecule has 1 atom stereocenters. The molecule has 1 aliphatic heterocycles. The Morgan fingerprint density at radius 3 is 2.72 bits per heavy atom. The largest absolute Gasteiger partial charge is 0.493 e. The molecule has 0 spiro atoms. The molecule has 0 aromatic heterocycles. The van der Waals surface area contributed by atoms with Crippen molar-refractivity contribution in [3.63, 3.8) is 0 Å². The number of carbonyl (C=O) groups is 1. The highest BCUT2D eigenvalue weighted by Crippen LogP contribution is 2.28. The van der Waals surface area contributed by atoms with Crippen molar-refractivity contribution in [3.8, 4) is 11.5 Å². The molecule has 1 heterocycles. The fourth-order valence-electron chi connectivity index (χ4n) is 3.29. The summed E-state index contributed by atoms with van der Waals surface area (Å²) in [5.41, 5.74) is 1.19. The highest BCUT2D eigenvalue weighted by molar-refractivity contribution is 14.0. The number of hydrogen-bond acceptors (Lipinski definition) is 5. The van der Waals surface area contributed by atoms with E-state index in [1.807, 2.05) is 19.1 Å². The minimum absolute atomic E-state index is 0. The number of guanidine groups is 1. The summed E-state index contributed by atoms with van der Waals surface area (Å²) >= 11 is 0. The molecule has 8 nitrogen and oxygen atoms in total. The van der Waals surface area contributed by atoms with Crippen LogP contribution >= 0.6 is 24.0 Å². The number of aryl methyl sites for hydroxylation is 1. The molecule has 182 valence electrons. The van der Waals surface area contributed by atoms with E-state index in [0.29, 0.717) is 19.1 Å². The van der Waals surface area contributed by atoms with Crippen molar-refractivity contribution in [2.45, 2.75) is 45.1 Å². The molecule has 0 radical (unpaired) electrons. The Labute approximate surface area is 209 Å². The van der Waals surface area contributed by atoms with E-state index in [2.05, 4.69) is 21.7 Å². The Morgan fingerprint density at radius 2 is 2.06 bits per heavy atom. The maximum Gasteiger partial charge on any atom is 0.243 e. The first kappa shape index (κ1) is 28.3. The van der Waals surface area contributed by atoms with Gasteiger partial charge in [0.25, 0.3) is 0 Å². The summed E-state index contributed by atoms with van der Waals surface area (Å²) in [4.78, 5) is 17.9.